The molecule has 2 heterocycles. The van der Waals surface area contributed by atoms with Crippen LogP contribution in [0.2, 0.25) is 0 Å². The van der Waals surface area contributed by atoms with E-state index < -0.39 is 0 Å². The van der Waals surface area contributed by atoms with Crippen LogP contribution in [-0.2, 0) is 11.2 Å². The summed E-state index contributed by atoms with van der Waals surface area (Å²) in [4.78, 5) is 4.21. The maximum absolute atomic E-state index is 5.58. The minimum absolute atomic E-state index is 0.316. The quantitative estimate of drug-likeness (QED) is 0.626. The van der Waals surface area contributed by atoms with Crippen LogP contribution in [0.5, 0.6) is 0 Å². The van der Waals surface area contributed by atoms with Crippen LogP contribution in [-0.4, -0.2) is 44.0 Å². The molecule has 0 bridgehead atoms. The first-order chi connectivity index (χ1) is 9.70. The van der Waals surface area contributed by atoms with E-state index in [0.29, 0.717) is 6.10 Å². The molecule has 0 amide bonds. The highest BCUT2D eigenvalue weighted by atomic mass is 16.5. The van der Waals surface area contributed by atoms with Gasteiger partial charge in [0.1, 0.15) is 5.76 Å². The Hall–Kier alpha value is -1.56. The first-order valence-corrected chi connectivity index (χ1v) is 7.18. The molecular formula is C14H24N4O2. The van der Waals surface area contributed by atoms with Crippen LogP contribution in [0.15, 0.2) is 9.52 Å². The standard InChI is InChI=1S/C14H24N4O2/c1-10-13(11(2)20-18-10)6-7-16-14(15-3)17-9-12-5-4-8-19-12/h12H,4-9H2,1-3H3,(H2,15,16,17). The van der Waals surface area contributed by atoms with Crippen LogP contribution in [0.1, 0.15) is 29.9 Å². The molecule has 20 heavy (non-hydrogen) atoms. The smallest absolute Gasteiger partial charge is 0.191 e. The zero-order valence-corrected chi connectivity index (χ0v) is 12.5. The molecule has 2 N–H and O–H groups in total. The summed E-state index contributed by atoms with van der Waals surface area (Å²) in [5.41, 5.74) is 2.14. The van der Waals surface area contributed by atoms with Gasteiger partial charge in [-0.15, -0.1) is 0 Å². The number of hydrogen-bond acceptors (Lipinski definition) is 4. The molecule has 2 rings (SSSR count). The molecule has 0 spiro atoms. The van der Waals surface area contributed by atoms with Gasteiger partial charge in [-0.25, -0.2) is 0 Å². The van der Waals surface area contributed by atoms with Gasteiger partial charge in [0.25, 0.3) is 0 Å². The van der Waals surface area contributed by atoms with Crippen LogP contribution in [0, 0.1) is 13.8 Å². The molecule has 6 nitrogen and oxygen atoms in total. The SMILES string of the molecule is CN=C(NCCc1c(C)noc1C)NCC1CCCO1. The summed E-state index contributed by atoms with van der Waals surface area (Å²) in [6.07, 6.45) is 3.48. The van der Waals surface area contributed by atoms with E-state index in [0.717, 1.165) is 56.4 Å². The molecule has 1 aliphatic rings. The Bertz CT molecular complexity index is 431. The molecule has 0 saturated carbocycles. The molecule has 1 unspecified atom stereocenters. The molecule has 0 radical (unpaired) electrons. The molecule has 112 valence electrons. The average molecular weight is 280 g/mol. The summed E-state index contributed by atoms with van der Waals surface area (Å²) in [5.74, 6) is 1.71. The Kier molecular flexibility index (Phi) is 5.40. The Balaban J connectivity index is 1.71. The van der Waals surface area contributed by atoms with Crippen molar-refractivity contribution in [3.63, 3.8) is 0 Å². The normalized spacial score (nSPS) is 19.4. The zero-order valence-electron chi connectivity index (χ0n) is 12.5. The lowest BCUT2D eigenvalue weighted by atomic mass is 10.1. The minimum atomic E-state index is 0.316. The van der Waals surface area contributed by atoms with E-state index in [2.05, 4.69) is 20.8 Å². The van der Waals surface area contributed by atoms with Gasteiger partial charge in [0.2, 0.25) is 0 Å². The lowest BCUT2D eigenvalue weighted by Gasteiger charge is -2.14. The molecule has 6 heteroatoms. The van der Waals surface area contributed by atoms with Gasteiger partial charge in [-0.3, -0.25) is 4.99 Å². The molecule has 1 aromatic heterocycles. The van der Waals surface area contributed by atoms with Crippen LogP contribution >= 0.6 is 0 Å². The van der Waals surface area contributed by atoms with E-state index in [4.69, 9.17) is 9.26 Å². The lowest BCUT2D eigenvalue weighted by molar-refractivity contribution is 0.114. The summed E-state index contributed by atoms with van der Waals surface area (Å²) in [6.45, 7) is 6.40. The van der Waals surface area contributed by atoms with Crippen LogP contribution in [0.4, 0.5) is 0 Å². The number of aryl methyl sites for hydroxylation is 2. The lowest BCUT2D eigenvalue weighted by Crippen LogP contribution is -2.41. The van der Waals surface area contributed by atoms with Gasteiger partial charge in [0.05, 0.1) is 11.8 Å². The second-order valence-electron chi connectivity index (χ2n) is 5.07. The predicted molar refractivity (Wildman–Crippen MR) is 78.0 cm³/mol. The number of hydrogen-bond donors (Lipinski definition) is 2. The molecule has 1 saturated heterocycles. The maximum Gasteiger partial charge on any atom is 0.191 e. The minimum Gasteiger partial charge on any atom is -0.376 e. The topological polar surface area (TPSA) is 71.7 Å². The van der Waals surface area contributed by atoms with E-state index in [1.807, 2.05) is 13.8 Å². The van der Waals surface area contributed by atoms with Gasteiger partial charge in [0.15, 0.2) is 5.96 Å². The van der Waals surface area contributed by atoms with Crippen molar-refractivity contribution < 1.29 is 9.26 Å². The number of aromatic nitrogens is 1. The third kappa shape index (κ3) is 3.96. The van der Waals surface area contributed by atoms with E-state index >= 15 is 0 Å². The van der Waals surface area contributed by atoms with Crippen LogP contribution < -0.4 is 10.6 Å². The molecule has 0 aromatic carbocycles. The summed E-state index contributed by atoms with van der Waals surface area (Å²) in [5, 5.41) is 10.6. The highest BCUT2D eigenvalue weighted by Gasteiger charge is 2.15. The fourth-order valence-electron chi connectivity index (χ4n) is 2.40. The van der Waals surface area contributed by atoms with Gasteiger partial charge < -0.3 is 19.9 Å². The Morgan fingerprint density at radius 3 is 2.85 bits per heavy atom. The second-order valence-corrected chi connectivity index (χ2v) is 5.07. The van der Waals surface area contributed by atoms with Crippen LogP contribution in [0.3, 0.4) is 0 Å². The summed E-state index contributed by atoms with van der Waals surface area (Å²) >= 11 is 0. The fourth-order valence-corrected chi connectivity index (χ4v) is 2.40. The molecule has 1 aromatic rings. The van der Waals surface area contributed by atoms with Crippen molar-refractivity contribution in [3.8, 4) is 0 Å². The summed E-state index contributed by atoms with van der Waals surface area (Å²) in [7, 11) is 1.78. The molecular weight excluding hydrogens is 256 g/mol. The van der Waals surface area contributed by atoms with Crippen molar-refractivity contribution in [2.75, 3.05) is 26.7 Å². The van der Waals surface area contributed by atoms with E-state index in [9.17, 15) is 0 Å². The van der Waals surface area contributed by atoms with Gasteiger partial charge in [-0.2, -0.15) is 0 Å². The van der Waals surface area contributed by atoms with Crippen molar-refractivity contribution in [2.45, 2.75) is 39.2 Å². The molecule has 1 fully saturated rings. The number of nitrogens with zero attached hydrogens (tertiary/aromatic N) is 2. The number of rotatable bonds is 5. The van der Waals surface area contributed by atoms with E-state index in [1.165, 1.54) is 5.56 Å². The highest BCUT2D eigenvalue weighted by Crippen LogP contribution is 2.12. The Morgan fingerprint density at radius 1 is 1.40 bits per heavy atom. The van der Waals surface area contributed by atoms with Gasteiger partial charge in [-0.05, 0) is 33.1 Å². The average Bonchev–Trinajstić information content (AvgIpc) is 3.06. The largest absolute Gasteiger partial charge is 0.376 e. The number of guanidine groups is 1. The Labute approximate surface area is 120 Å². The third-order valence-electron chi connectivity index (χ3n) is 3.59. The van der Waals surface area contributed by atoms with Crippen molar-refractivity contribution in [1.29, 1.82) is 0 Å². The summed E-state index contributed by atoms with van der Waals surface area (Å²) in [6, 6.07) is 0. The number of ether oxygens (including phenoxy) is 1. The van der Waals surface area contributed by atoms with Crippen LogP contribution in [0.25, 0.3) is 0 Å². The van der Waals surface area contributed by atoms with Gasteiger partial charge in [-0.1, -0.05) is 5.16 Å². The molecule has 1 atom stereocenters. The fraction of sp³-hybridized carbons (Fsp3) is 0.714. The number of aliphatic imine (C=N–C) groups is 1. The molecule has 0 aliphatic carbocycles. The third-order valence-corrected chi connectivity index (χ3v) is 3.59. The van der Waals surface area contributed by atoms with Crippen molar-refractivity contribution in [1.82, 2.24) is 15.8 Å². The Morgan fingerprint density at radius 2 is 2.25 bits per heavy atom. The van der Waals surface area contributed by atoms with E-state index in [1.54, 1.807) is 7.05 Å². The first-order valence-electron chi connectivity index (χ1n) is 7.18. The van der Waals surface area contributed by atoms with Crippen molar-refractivity contribution >= 4 is 5.96 Å². The van der Waals surface area contributed by atoms with Crippen molar-refractivity contribution in [2.24, 2.45) is 4.99 Å². The maximum atomic E-state index is 5.58. The van der Waals surface area contributed by atoms with Gasteiger partial charge >= 0.3 is 0 Å². The highest BCUT2D eigenvalue weighted by molar-refractivity contribution is 5.79. The van der Waals surface area contributed by atoms with Gasteiger partial charge in [0, 0.05) is 32.3 Å². The number of nitrogens with one attached hydrogen (secondary N) is 2. The van der Waals surface area contributed by atoms with E-state index in [-0.39, 0.29) is 0 Å². The molecule has 1 aliphatic heterocycles. The summed E-state index contributed by atoms with van der Waals surface area (Å²) < 4.78 is 10.7. The van der Waals surface area contributed by atoms with Crippen molar-refractivity contribution in [3.05, 3.63) is 17.0 Å². The predicted octanol–water partition coefficient (Wildman–Crippen LogP) is 1.18. The first kappa shape index (κ1) is 14.8. The zero-order chi connectivity index (χ0) is 14.4. The monoisotopic (exact) mass is 280 g/mol. The second kappa shape index (κ2) is 7.28.